The Labute approximate surface area is 89.0 Å². The zero-order valence-electron chi connectivity index (χ0n) is 9.32. The van der Waals surface area contributed by atoms with Crippen LogP contribution in [0, 0.1) is 0 Å². The maximum atomic E-state index is 11.5. The molecule has 1 aliphatic rings. The molecule has 5 nitrogen and oxygen atoms in total. The minimum atomic E-state index is -0.881. The third kappa shape index (κ3) is 3.42. The topological polar surface area (TPSA) is 66.8 Å². The fraction of sp³-hybridized carbons (Fsp3) is 0.800. The number of hydrogen-bond acceptors (Lipinski definition) is 3. The molecule has 1 rings (SSSR count). The molecular formula is C10H17NO4. The Hall–Kier alpha value is -1.26. The van der Waals surface area contributed by atoms with Crippen molar-refractivity contribution < 1.29 is 19.4 Å². The predicted octanol–water partition coefficient (Wildman–Crippen LogP) is 1.47. The van der Waals surface area contributed by atoms with Crippen molar-refractivity contribution in [2.24, 2.45) is 0 Å². The highest BCUT2D eigenvalue weighted by molar-refractivity contribution is 5.72. The Morgan fingerprint density at radius 2 is 2.07 bits per heavy atom. The van der Waals surface area contributed by atoms with Gasteiger partial charge >= 0.3 is 12.1 Å². The SMILES string of the molecule is CC(C)(C)OC(=O)N1CCC1CC(=O)O. The Kier molecular flexibility index (Phi) is 3.21. The lowest BCUT2D eigenvalue weighted by atomic mass is 10.0. The number of carboxylic acid groups (broad SMARTS) is 1. The van der Waals surface area contributed by atoms with Gasteiger partial charge in [0.05, 0.1) is 6.42 Å². The molecule has 0 aromatic rings. The molecule has 0 radical (unpaired) electrons. The van der Waals surface area contributed by atoms with Gasteiger partial charge in [-0.3, -0.25) is 4.79 Å². The molecule has 1 saturated heterocycles. The second kappa shape index (κ2) is 4.08. The highest BCUT2D eigenvalue weighted by atomic mass is 16.6. The van der Waals surface area contributed by atoms with Crippen molar-refractivity contribution in [1.29, 1.82) is 0 Å². The number of rotatable bonds is 2. The number of nitrogens with zero attached hydrogens (tertiary/aromatic N) is 1. The van der Waals surface area contributed by atoms with Gasteiger partial charge in [-0.15, -0.1) is 0 Å². The molecule has 0 aromatic heterocycles. The van der Waals surface area contributed by atoms with Crippen molar-refractivity contribution >= 4 is 12.1 Å². The van der Waals surface area contributed by atoms with Crippen molar-refractivity contribution in [3.05, 3.63) is 0 Å². The van der Waals surface area contributed by atoms with E-state index in [0.29, 0.717) is 6.54 Å². The van der Waals surface area contributed by atoms with Gasteiger partial charge in [0.15, 0.2) is 0 Å². The summed E-state index contributed by atoms with van der Waals surface area (Å²) in [6, 6.07) is -0.197. The maximum absolute atomic E-state index is 11.5. The van der Waals surface area contributed by atoms with Crippen LogP contribution in [0.25, 0.3) is 0 Å². The second-order valence-electron chi connectivity index (χ2n) is 4.71. The summed E-state index contributed by atoms with van der Waals surface area (Å²) >= 11 is 0. The molecule has 1 heterocycles. The van der Waals surface area contributed by atoms with E-state index >= 15 is 0 Å². The number of hydrogen-bond donors (Lipinski definition) is 1. The summed E-state index contributed by atoms with van der Waals surface area (Å²) in [5.41, 5.74) is -0.527. The standard InChI is InChI=1S/C10H17NO4/c1-10(2,3)15-9(14)11-5-4-7(11)6-8(12)13/h7H,4-6H2,1-3H3,(H,12,13). The number of carbonyl (C=O) groups excluding carboxylic acids is 1. The molecule has 86 valence electrons. The van der Waals surface area contributed by atoms with E-state index in [-0.39, 0.29) is 12.5 Å². The van der Waals surface area contributed by atoms with Gasteiger partial charge in [0.1, 0.15) is 5.60 Å². The van der Waals surface area contributed by atoms with Crippen LogP contribution < -0.4 is 0 Å². The Bertz CT molecular complexity index is 269. The van der Waals surface area contributed by atoms with Crippen LogP contribution in [0.3, 0.4) is 0 Å². The number of ether oxygens (including phenoxy) is 1. The minimum absolute atomic E-state index is 0.000751. The molecule has 1 aliphatic heterocycles. The third-order valence-electron chi connectivity index (χ3n) is 2.18. The normalized spacial score (nSPS) is 20.7. The largest absolute Gasteiger partial charge is 0.481 e. The summed E-state index contributed by atoms with van der Waals surface area (Å²) in [5, 5.41) is 8.60. The van der Waals surface area contributed by atoms with E-state index < -0.39 is 17.7 Å². The second-order valence-corrected chi connectivity index (χ2v) is 4.71. The first-order chi connectivity index (χ1) is 6.79. The molecule has 1 unspecified atom stereocenters. The lowest BCUT2D eigenvalue weighted by molar-refractivity contribution is -0.139. The van der Waals surface area contributed by atoms with Crippen LogP contribution in [0.2, 0.25) is 0 Å². The van der Waals surface area contributed by atoms with E-state index in [9.17, 15) is 9.59 Å². The van der Waals surface area contributed by atoms with Crippen LogP contribution in [-0.2, 0) is 9.53 Å². The monoisotopic (exact) mass is 215 g/mol. The van der Waals surface area contributed by atoms with E-state index in [1.165, 1.54) is 4.90 Å². The summed E-state index contributed by atoms with van der Waals surface area (Å²) in [7, 11) is 0. The minimum Gasteiger partial charge on any atom is -0.481 e. The summed E-state index contributed by atoms with van der Waals surface area (Å²) in [5.74, 6) is -0.881. The number of amides is 1. The number of carbonyl (C=O) groups is 2. The van der Waals surface area contributed by atoms with Crippen molar-refractivity contribution in [3.8, 4) is 0 Å². The average molecular weight is 215 g/mol. The fourth-order valence-corrected chi connectivity index (χ4v) is 1.42. The van der Waals surface area contributed by atoms with Crippen LogP contribution in [-0.4, -0.2) is 40.3 Å². The van der Waals surface area contributed by atoms with Gasteiger partial charge in [0, 0.05) is 12.6 Å². The molecule has 1 atom stereocenters. The molecule has 0 bridgehead atoms. The molecule has 0 aromatic carbocycles. The molecule has 1 fully saturated rings. The number of aliphatic carboxylic acids is 1. The molecule has 0 saturated carbocycles. The van der Waals surface area contributed by atoms with Crippen molar-refractivity contribution in [2.75, 3.05) is 6.54 Å². The molecule has 1 amide bonds. The first-order valence-electron chi connectivity index (χ1n) is 5.01. The molecule has 15 heavy (non-hydrogen) atoms. The van der Waals surface area contributed by atoms with E-state index in [0.717, 1.165) is 6.42 Å². The summed E-state index contributed by atoms with van der Waals surface area (Å²) in [6.07, 6.45) is 0.324. The zero-order chi connectivity index (χ0) is 11.6. The van der Waals surface area contributed by atoms with Crippen LogP contribution in [0.15, 0.2) is 0 Å². The van der Waals surface area contributed by atoms with Gasteiger partial charge in [-0.1, -0.05) is 0 Å². The van der Waals surface area contributed by atoms with Gasteiger partial charge in [0.2, 0.25) is 0 Å². The summed E-state index contributed by atoms with van der Waals surface area (Å²) in [6.45, 7) is 5.96. The molecular weight excluding hydrogens is 198 g/mol. The van der Waals surface area contributed by atoms with Gasteiger partial charge < -0.3 is 14.7 Å². The van der Waals surface area contributed by atoms with Crippen LogP contribution >= 0.6 is 0 Å². The van der Waals surface area contributed by atoms with Gasteiger partial charge in [0.25, 0.3) is 0 Å². The summed E-state index contributed by atoms with van der Waals surface area (Å²) < 4.78 is 5.15. The smallest absolute Gasteiger partial charge is 0.410 e. The number of likely N-dealkylation sites (tertiary alicyclic amines) is 1. The molecule has 5 heteroatoms. The van der Waals surface area contributed by atoms with Crippen LogP contribution in [0.5, 0.6) is 0 Å². The molecule has 0 spiro atoms. The molecule has 0 aliphatic carbocycles. The first-order valence-corrected chi connectivity index (χ1v) is 5.01. The van der Waals surface area contributed by atoms with Gasteiger partial charge in [-0.05, 0) is 27.2 Å². The zero-order valence-corrected chi connectivity index (χ0v) is 9.32. The molecule has 1 N–H and O–H groups in total. The van der Waals surface area contributed by atoms with Crippen LogP contribution in [0.4, 0.5) is 4.79 Å². The van der Waals surface area contributed by atoms with Gasteiger partial charge in [-0.25, -0.2) is 4.79 Å². The maximum Gasteiger partial charge on any atom is 0.410 e. The van der Waals surface area contributed by atoms with Gasteiger partial charge in [-0.2, -0.15) is 0 Å². The quantitative estimate of drug-likeness (QED) is 0.757. The highest BCUT2D eigenvalue weighted by Gasteiger charge is 2.36. The Balaban J connectivity index is 2.44. The fourth-order valence-electron chi connectivity index (χ4n) is 1.42. The van der Waals surface area contributed by atoms with E-state index in [2.05, 4.69) is 0 Å². The first kappa shape index (κ1) is 11.8. The lowest BCUT2D eigenvalue weighted by Crippen LogP contribution is -2.53. The van der Waals surface area contributed by atoms with E-state index in [1.54, 1.807) is 20.8 Å². The highest BCUT2D eigenvalue weighted by Crippen LogP contribution is 2.23. The van der Waals surface area contributed by atoms with Crippen LogP contribution in [0.1, 0.15) is 33.6 Å². The average Bonchev–Trinajstić information content (AvgIpc) is 1.93. The third-order valence-corrected chi connectivity index (χ3v) is 2.18. The number of carboxylic acids is 1. The summed E-state index contributed by atoms with van der Waals surface area (Å²) in [4.78, 5) is 23.5. The van der Waals surface area contributed by atoms with Crippen molar-refractivity contribution in [1.82, 2.24) is 4.90 Å². The Morgan fingerprint density at radius 1 is 1.47 bits per heavy atom. The van der Waals surface area contributed by atoms with Crippen molar-refractivity contribution in [3.63, 3.8) is 0 Å². The predicted molar refractivity (Wildman–Crippen MR) is 53.6 cm³/mol. The Morgan fingerprint density at radius 3 is 2.40 bits per heavy atom. The van der Waals surface area contributed by atoms with Crippen molar-refractivity contribution in [2.45, 2.75) is 45.3 Å². The van der Waals surface area contributed by atoms with E-state index in [1.807, 2.05) is 0 Å². The lowest BCUT2D eigenvalue weighted by Gasteiger charge is -2.40. The van der Waals surface area contributed by atoms with E-state index in [4.69, 9.17) is 9.84 Å².